The van der Waals surface area contributed by atoms with Gasteiger partial charge in [0.15, 0.2) is 4.80 Å². The first kappa shape index (κ1) is 26.9. The molecule has 1 aromatic heterocycles. The first-order valence-electron chi connectivity index (χ1n) is 12.9. The summed E-state index contributed by atoms with van der Waals surface area (Å²) in [6.07, 6.45) is 0. The molecule has 1 N–H and O–H groups in total. The molecule has 206 valence electrons. The van der Waals surface area contributed by atoms with E-state index < -0.39 is 17.6 Å². The highest BCUT2D eigenvalue weighted by molar-refractivity contribution is 9.10. The van der Waals surface area contributed by atoms with Gasteiger partial charge in [-0.2, -0.15) is 0 Å². The highest BCUT2D eigenvalue weighted by Gasteiger charge is 2.38. The summed E-state index contributed by atoms with van der Waals surface area (Å²) in [5.41, 5.74) is 3.95. The Labute approximate surface area is 247 Å². The number of halogens is 1. The highest BCUT2D eigenvalue weighted by Crippen LogP contribution is 2.40. The number of hydrogen-bond donors (Lipinski definition) is 1. The minimum absolute atomic E-state index is 0.137. The van der Waals surface area contributed by atoms with Crippen LogP contribution in [-0.2, 0) is 14.3 Å². The topological polar surface area (TPSA) is 99.0 Å². The Bertz CT molecular complexity index is 1960. The summed E-state index contributed by atoms with van der Waals surface area (Å²) in [6, 6.07) is 19.4. The summed E-state index contributed by atoms with van der Waals surface area (Å²) in [4.78, 5) is 46.5. The number of methoxy groups -OCH3 is 1. The summed E-state index contributed by atoms with van der Waals surface area (Å²) in [6.45, 7) is 3.79. The molecule has 1 atom stereocenters. The van der Waals surface area contributed by atoms with Crippen LogP contribution in [0.15, 0.2) is 86.6 Å². The van der Waals surface area contributed by atoms with Gasteiger partial charge < -0.3 is 14.8 Å². The Morgan fingerprint density at radius 3 is 2.61 bits per heavy atom. The number of nitrogens with zero attached hydrogens (tertiary/aromatic N) is 2. The number of aromatic nitrogens is 1. The van der Waals surface area contributed by atoms with E-state index in [-0.39, 0.29) is 28.2 Å². The van der Waals surface area contributed by atoms with E-state index in [1.807, 2.05) is 67.6 Å². The molecule has 0 unspecified atom stereocenters. The molecule has 6 rings (SSSR count). The molecule has 0 fully saturated rings. The summed E-state index contributed by atoms with van der Waals surface area (Å²) in [5.74, 6) is -0.479. The largest absolute Gasteiger partial charge is 0.496 e. The lowest BCUT2D eigenvalue weighted by Crippen LogP contribution is -2.40. The summed E-state index contributed by atoms with van der Waals surface area (Å²) in [7, 11) is 1.53. The second-order valence-electron chi connectivity index (χ2n) is 9.52. The fraction of sp³-hybridized carbons (Fsp3) is 0.161. The van der Waals surface area contributed by atoms with Gasteiger partial charge in [0.05, 0.1) is 30.6 Å². The molecule has 0 bridgehead atoms. The Morgan fingerprint density at radius 1 is 1.10 bits per heavy atom. The summed E-state index contributed by atoms with van der Waals surface area (Å²) < 4.78 is 13.7. The lowest BCUT2D eigenvalue weighted by Gasteiger charge is -2.27. The van der Waals surface area contributed by atoms with Gasteiger partial charge in [-0.3, -0.25) is 14.2 Å². The number of nitrogens with one attached hydrogen (secondary N) is 1. The van der Waals surface area contributed by atoms with Crippen LogP contribution in [0.25, 0.3) is 11.3 Å². The highest BCUT2D eigenvalue weighted by atomic mass is 79.9. The van der Waals surface area contributed by atoms with Gasteiger partial charge in [-0.15, -0.1) is 0 Å². The van der Waals surface area contributed by atoms with Gasteiger partial charge in [0, 0.05) is 26.9 Å². The second kappa shape index (κ2) is 10.6. The Hall–Kier alpha value is -4.28. The minimum atomic E-state index is -0.941. The van der Waals surface area contributed by atoms with E-state index >= 15 is 0 Å². The zero-order valence-corrected chi connectivity index (χ0v) is 24.8. The minimum Gasteiger partial charge on any atom is -0.496 e. The van der Waals surface area contributed by atoms with Crippen molar-refractivity contribution in [3.8, 4) is 5.75 Å². The van der Waals surface area contributed by atoms with E-state index in [2.05, 4.69) is 21.2 Å². The number of aryl methyl sites for hydroxylation is 1. The average Bonchev–Trinajstić information content (AvgIpc) is 3.46. The predicted molar refractivity (Wildman–Crippen MR) is 161 cm³/mol. The number of hydrogen-bond acceptors (Lipinski definition) is 7. The Balaban J connectivity index is 1.76. The van der Waals surface area contributed by atoms with Crippen LogP contribution in [-0.4, -0.2) is 30.2 Å². The molecule has 10 heteroatoms. The molecule has 2 aliphatic heterocycles. The van der Waals surface area contributed by atoms with Crippen molar-refractivity contribution < 1.29 is 19.1 Å². The number of thiazole rings is 1. The van der Waals surface area contributed by atoms with Gasteiger partial charge >= 0.3 is 5.97 Å². The van der Waals surface area contributed by atoms with E-state index in [1.165, 1.54) is 11.7 Å². The fourth-order valence-corrected chi connectivity index (χ4v) is 6.69. The van der Waals surface area contributed by atoms with Crippen molar-refractivity contribution in [3.63, 3.8) is 0 Å². The molecule has 1 amide bonds. The van der Waals surface area contributed by atoms with Crippen LogP contribution in [0.2, 0.25) is 0 Å². The number of esters is 1. The van der Waals surface area contributed by atoms with E-state index in [4.69, 9.17) is 14.5 Å². The molecule has 8 nitrogen and oxygen atoms in total. The lowest BCUT2D eigenvalue weighted by molar-refractivity contribution is -0.138. The molecule has 0 radical (unpaired) electrons. The first-order chi connectivity index (χ1) is 19.8. The summed E-state index contributed by atoms with van der Waals surface area (Å²) in [5, 5.41) is 2.87. The van der Waals surface area contributed by atoms with Crippen molar-refractivity contribution in [3.05, 3.63) is 119 Å². The van der Waals surface area contributed by atoms with Gasteiger partial charge in [-0.05, 0) is 44.2 Å². The number of ether oxygens (including phenoxy) is 2. The van der Waals surface area contributed by atoms with Crippen LogP contribution in [0, 0.1) is 6.92 Å². The third-order valence-corrected chi connectivity index (χ3v) is 8.53. The summed E-state index contributed by atoms with van der Waals surface area (Å²) >= 11 is 4.66. The normalized spacial score (nSPS) is 17.0. The van der Waals surface area contributed by atoms with Crippen LogP contribution < -0.4 is 24.9 Å². The van der Waals surface area contributed by atoms with Crippen molar-refractivity contribution in [1.82, 2.24) is 4.57 Å². The molecule has 0 saturated carbocycles. The number of benzene rings is 3. The van der Waals surface area contributed by atoms with E-state index in [9.17, 15) is 14.4 Å². The quantitative estimate of drug-likeness (QED) is 0.331. The maximum atomic E-state index is 14.4. The van der Waals surface area contributed by atoms with Gasteiger partial charge in [-0.25, -0.2) is 9.79 Å². The molecule has 41 heavy (non-hydrogen) atoms. The van der Waals surface area contributed by atoms with Crippen molar-refractivity contribution >= 4 is 56.1 Å². The van der Waals surface area contributed by atoms with Crippen LogP contribution >= 0.6 is 27.3 Å². The smallest absolute Gasteiger partial charge is 0.338 e. The molecule has 0 spiro atoms. The monoisotopic (exact) mass is 629 g/mol. The zero-order chi connectivity index (χ0) is 28.8. The molecule has 4 aromatic rings. The molecule has 2 aliphatic rings. The molecule has 0 saturated heterocycles. The third-order valence-electron chi connectivity index (χ3n) is 6.98. The van der Waals surface area contributed by atoms with E-state index in [0.29, 0.717) is 38.6 Å². The number of rotatable bonds is 5. The second-order valence-corrected chi connectivity index (χ2v) is 11.4. The molecule has 3 aromatic carbocycles. The van der Waals surface area contributed by atoms with Crippen LogP contribution in [0.1, 0.15) is 35.2 Å². The first-order valence-corrected chi connectivity index (χ1v) is 14.5. The number of anilines is 1. The number of amides is 1. The van der Waals surface area contributed by atoms with Crippen LogP contribution in [0.5, 0.6) is 5.75 Å². The number of carbonyl (C=O) groups is 2. The van der Waals surface area contributed by atoms with E-state index in [1.54, 1.807) is 13.0 Å². The van der Waals surface area contributed by atoms with Crippen LogP contribution in [0.4, 0.5) is 5.69 Å². The number of fused-ring (bicyclic) bond motifs is 2. The molecule has 0 aliphatic carbocycles. The standard InChI is InChI=1S/C31H24BrN3O5S/c1-4-40-30(38)24-25(17-8-6-5-7-9-17)34-31-35(26(24)20-15-18(32)11-13-22(20)39-3)29(37)27(41-31)23-19-14-16(2)10-12-21(19)33-28(23)36/h5-15,26H,4H2,1-3H3,(H,33,36)/b27-23+/t26-/m0/s1. The number of carbonyl (C=O) groups excluding carboxylic acids is 2. The molecular weight excluding hydrogens is 606 g/mol. The van der Waals surface area contributed by atoms with Gasteiger partial charge in [0.1, 0.15) is 16.3 Å². The average molecular weight is 631 g/mol. The zero-order valence-electron chi connectivity index (χ0n) is 22.4. The van der Waals surface area contributed by atoms with Crippen molar-refractivity contribution in [2.24, 2.45) is 4.99 Å². The lowest BCUT2D eigenvalue weighted by atomic mass is 9.92. The predicted octanol–water partition coefficient (Wildman–Crippen LogP) is 4.34. The van der Waals surface area contributed by atoms with Gasteiger partial charge in [-0.1, -0.05) is 69.2 Å². The SMILES string of the molecule is CCOC(=O)C1=C(c2ccccc2)N=c2s/c(=C3/C(=O)Nc4ccc(C)cc43)c(=O)n2[C@H]1c1cc(Br)ccc1OC. The Kier molecular flexibility index (Phi) is 6.96. The van der Waals surface area contributed by atoms with E-state index in [0.717, 1.165) is 21.4 Å². The maximum absolute atomic E-state index is 14.4. The maximum Gasteiger partial charge on any atom is 0.338 e. The van der Waals surface area contributed by atoms with Crippen molar-refractivity contribution in [2.45, 2.75) is 19.9 Å². The van der Waals surface area contributed by atoms with Crippen LogP contribution in [0.3, 0.4) is 0 Å². The van der Waals surface area contributed by atoms with Gasteiger partial charge in [0.25, 0.3) is 11.5 Å². The third kappa shape index (κ3) is 4.53. The van der Waals surface area contributed by atoms with Crippen molar-refractivity contribution in [2.75, 3.05) is 19.0 Å². The van der Waals surface area contributed by atoms with Gasteiger partial charge in [0.2, 0.25) is 0 Å². The fourth-order valence-electron chi connectivity index (χ4n) is 5.21. The molecule has 3 heterocycles. The molecular formula is C31H24BrN3O5S. The van der Waals surface area contributed by atoms with Crippen molar-refractivity contribution in [1.29, 1.82) is 0 Å². The Morgan fingerprint density at radius 2 is 1.88 bits per heavy atom.